The van der Waals surface area contributed by atoms with Gasteiger partial charge in [0.05, 0.1) is 33.8 Å². The van der Waals surface area contributed by atoms with Gasteiger partial charge in [-0.3, -0.25) is 0 Å². The fourth-order valence-corrected chi connectivity index (χ4v) is 7.43. The predicted octanol–water partition coefficient (Wildman–Crippen LogP) is 11.4. The van der Waals surface area contributed by atoms with Gasteiger partial charge in [-0.05, 0) is 58.7 Å². The Bertz CT molecular complexity index is 2640. The Labute approximate surface area is 300 Å². The summed E-state index contributed by atoms with van der Waals surface area (Å²) in [5, 5.41) is 0. The SMILES string of the molecule is Sc1c(S)c2[nH]c1cc1nc(cc3ccc([nH]3)c(-c3ccccc3)c3nc(c2-c2ccccc2)C(c2ccccc2)=C3c2ccccc2)C=C1. The first-order valence-electron chi connectivity index (χ1n) is 16.5. The zero-order valence-corrected chi connectivity index (χ0v) is 28.6. The normalized spacial score (nSPS) is 12.4. The molecule has 0 aliphatic carbocycles. The largest absolute Gasteiger partial charge is 0.355 e. The molecular formula is C44H30N4S2. The van der Waals surface area contributed by atoms with E-state index in [1.807, 2.05) is 30.4 Å². The van der Waals surface area contributed by atoms with Gasteiger partial charge in [-0.1, -0.05) is 121 Å². The lowest BCUT2D eigenvalue weighted by molar-refractivity contribution is 1.29. The second kappa shape index (κ2) is 12.6. The van der Waals surface area contributed by atoms with Gasteiger partial charge in [-0.2, -0.15) is 0 Å². The van der Waals surface area contributed by atoms with Gasteiger partial charge in [0.1, 0.15) is 0 Å². The molecule has 3 aromatic heterocycles. The van der Waals surface area contributed by atoms with Gasteiger partial charge in [-0.15, -0.1) is 25.3 Å². The monoisotopic (exact) mass is 678 g/mol. The topological polar surface area (TPSA) is 57.4 Å². The van der Waals surface area contributed by atoms with Crippen LogP contribution in [0.4, 0.5) is 0 Å². The Morgan fingerprint density at radius 1 is 0.420 bits per heavy atom. The highest BCUT2D eigenvalue weighted by atomic mass is 32.1. The van der Waals surface area contributed by atoms with Gasteiger partial charge >= 0.3 is 0 Å². The number of hydrogen-bond acceptors (Lipinski definition) is 4. The van der Waals surface area contributed by atoms with Crippen LogP contribution in [0.3, 0.4) is 0 Å². The zero-order chi connectivity index (χ0) is 33.6. The fourth-order valence-electron chi connectivity index (χ4n) is 6.91. The van der Waals surface area contributed by atoms with E-state index in [1.165, 1.54) is 0 Å². The maximum absolute atomic E-state index is 5.75. The average Bonchev–Trinajstić information content (AvgIpc) is 3.95. The molecule has 4 aromatic carbocycles. The number of thiol groups is 2. The van der Waals surface area contributed by atoms with Crippen LogP contribution in [-0.2, 0) is 0 Å². The summed E-state index contributed by atoms with van der Waals surface area (Å²) < 4.78 is 0. The molecule has 8 bridgehead atoms. The minimum atomic E-state index is 0.742. The predicted molar refractivity (Wildman–Crippen MR) is 213 cm³/mol. The first-order valence-corrected chi connectivity index (χ1v) is 17.4. The highest BCUT2D eigenvalue weighted by Gasteiger charge is 2.30. The number of fused-ring (bicyclic) bond motifs is 8. The van der Waals surface area contributed by atoms with Crippen LogP contribution < -0.4 is 0 Å². The van der Waals surface area contributed by atoms with E-state index in [0.717, 1.165) is 99.2 Å². The fraction of sp³-hybridized carbons (Fsp3) is 0. The molecule has 5 heterocycles. The lowest BCUT2D eigenvalue weighted by atomic mass is 9.88. The molecule has 0 spiro atoms. The third-order valence-corrected chi connectivity index (χ3v) is 10.2. The molecule has 2 aliphatic rings. The first kappa shape index (κ1) is 30.3. The number of H-pyrrole nitrogens is 2. The average molecular weight is 679 g/mol. The van der Waals surface area contributed by atoms with Gasteiger partial charge < -0.3 is 9.97 Å². The van der Waals surface area contributed by atoms with Crippen LogP contribution in [0.25, 0.3) is 67.6 Å². The van der Waals surface area contributed by atoms with Crippen molar-refractivity contribution in [3.05, 3.63) is 179 Å². The molecule has 0 amide bonds. The Morgan fingerprint density at radius 3 is 1.50 bits per heavy atom. The Hall–Kier alpha value is -5.82. The Balaban J connectivity index is 1.59. The summed E-state index contributed by atoms with van der Waals surface area (Å²) in [6.45, 7) is 0. The summed E-state index contributed by atoms with van der Waals surface area (Å²) in [5.41, 5.74) is 15.2. The summed E-state index contributed by atoms with van der Waals surface area (Å²) in [6, 6.07) is 50.5. The quantitative estimate of drug-likeness (QED) is 0.140. The standard InChI is InChI=1S/C44H30N4S2/c49-43-35-26-33-22-21-31(45-33)25-32-23-24-34(46-32)36(27-13-5-1-6-14-27)40-37(28-15-7-2-8-16-28)38(29-17-9-3-10-18-29)41(48-40)39(42(47-35)44(43)50)30-19-11-4-12-20-30/h1-26,46-47,49-50H. The molecule has 0 saturated heterocycles. The number of aromatic nitrogens is 4. The minimum Gasteiger partial charge on any atom is -0.355 e. The molecule has 50 heavy (non-hydrogen) atoms. The lowest BCUT2D eigenvalue weighted by Crippen LogP contribution is -1.94. The van der Waals surface area contributed by atoms with E-state index >= 15 is 0 Å². The van der Waals surface area contributed by atoms with Crippen molar-refractivity contribution in [1.82, 2.24) is 19.9 Å². The van der Waals surface area contributed by atoms with E-state index < -0.39 is 0 Å². The van der Waals surface area contributed by atoms with Crippen LogP contribution in [-0.4, -0.2) is 19.9 Å². The van der Waals surface area contributed by atoms with E-state index in [2.05, 4.69) is 137 Å². The number of benzene rings is 4. The second-order valence-electron chi connectivity index (χ2n) is 12.3. The number of aromatic amines is 2. The van der Waals surface area contributed by atoms with Gasteiger partial charge in [0.15, 0.2) is 0 Å². The summed E-state index contributed by atoms with van der Waals surface area (Å²) in [4.78, 5) is 19.6. The summed E-state index contributed by atoms with van der Waals surface area (Å²) in [6.07, 6.45) is 4.05. The molecule has 238 valence electrons. The van der Waals surface area contributed by atoms with Crippen molar-refractivity contribution in [2.45, 2.75) is 9.79 Å². The first-order chi connectivity index (χ1) is 24.6. The Kier molecular flexibility index (Phi) is 7.61. The van der Waals surface area contributed by atoms with Crippen molar-refractivity contribution in [3.8, 4) is 22.3 Å². The van der Waals surface area contributed by atoms with Crippen molar-refractivity contribution in [1.29, 1.82) is 0 Å². The van der Waals surface area contributed by atoms with E-state index in [0.29, 0.717) is 0 Å². The van der Waals surface area contributed by atoms with Gasteiger partial charge in [0.2, 0.25) is 0 Å². The number of nitrogens with one attached hydrogen (secondary N) is 2. The molecule has 6 heteroatoms. The van der Waals surface area contributed by atoms with Crippen LogP contribution in [0, 0.1) is 0 Å². The molecule has 0 radical (unpaired) electrons. The maximum atomic E-state index is 5.75. The number of nitrogens with zero attached hydrogens (tertiary/aromatic N) is 2. The molecule has 0 atom stereocenters. The van der Waals surface area contributed by atoms with Crippen molar-refractivity contribution in [3.63, 3.8) is 0 Å². The van der Waals surface area contributed by atoms with Crippen molar-refractivity contribution < 1.29 is 0 Å². The van der Waals surface area contributed by atoms with Crippen LogP contribution in [0.2, 0.25) is 0 Å². The van der Waals surface area contributed by atoms with E-state index in [-0.39, 0.29) is 0 Å². The molecule has 2 N–H and O–H groups in total. The van der Waals surface area contributed by atoms with Crippen molar-refractivity contribution in [2.24, 2.45) is 0 Å². The molecule has 0 saturated carbocycles. The summed E-state index contributed by atoms with van der Waals surface area (Å²) in [7, 11) is 0. The molecule has 7 aromatic rings. The van der Waals surface area contributed by atoms with Crippen LogP contribution in [0.5, 0.6) is 0 Å². The maximum Gasteiger partial charge on any atom is 0.0822 e. The number of rotatable bonds is 4. The number of hydrogen-bond donors (Lipinski definition) is 4. The molecular weight excluding hydrogens is 649 g/mol. The molecule has 4 nitrogen and oxygen atoms in total. The van der Waals surface area contributed by atoms with Gasteiger partial charge in [0.25, 0.3) is 0 Å². The second-order valence-corrected chi connectivity index (χ2v) is 13.2. The van der Waals surface area contributed by atoms with Gasteiger partial charge in [0, 0.05) is 43.1 Å². The van der Waals surface area contributed by atoms with Gasteiger partial charge in [-0.25, -0.2) is 9.97 Å². The molecule has 2 aliphatic heterocycles. The van der Waals surface area contributed by atoms with E-state index in [4.69, 9.17) is 35.2 Å². The zero-order valence-electron chi connectivity index (χ0n) is 26.8. The molecule has 0 unspecified atom stereocenters. The van der Waals surface area contributed by atoms with Crippen LogP contribution in [0.1, 0.15) is 33.9 Å². The highest BCUT2D eigenvalue weighted by molar-refractivity contribution is 7.84. The molecule has 9 rings (SSSR count). The van der Waals surface area contributed by atoms with E-state index in [1.54, 1.807) is 0 Å². The summed E-state index contributed by atoms with van der Waals surface area (Å²) in [5.74, 6) is 0. The van der Waals surface area contributed by atoms with Crippen molar-refractivity contribution >= 4 is 70.6 Å². The highest BCUT2D eigenvalue weighted by Crippen LogP contribution is 2.48. The third-order valence-electron chi connectivity index (χ3n) is 9.15. The molecule has 0 fully saturated rings. The Morgan fingerprint density at radius 2 is 0.920 bits per heavy atom. The van der Waals surface area contributed by atoms with Crippen LogP contribution in [0.15, 0.2) is 155 Å². The lowest BCUT2D eigenvalue weighted by Gasteiger charge is -2.14. The van der Waals surface area contributed by atoms with Crippen LogP contribution >= 0.6 is 25.3 Å². The van der Waals surface area contributed by atoms with E-state index in [9.17, 15) is 0 Å². The smallest absolute Gasteiger partial charge is 0.0822 e. The third kappa shape index (κ3) is 5.30. The minimum absolute atomic E-state index is 0.742. The summed E-state index contributed by atoms with van der Waals surface area (Å²) >= 11 is 10.1. The van der Waals surface area contributed by atoms with Crippen molar-refractivity contribution in [2.75, 3.05) is 0 Å².